The summed E-state index contributed by atoms with van der Waals surface area (Å²) in [5.74, 6) is 0.0867. The van der Waals surface area contributed by atoms with Crippen LogP contribution >= 0.6 is 0 Å². The molecule has 3 rings (SSSR count). The number of H-pyrrole nitrogens is 1. The fourth-order valence-corrected chi connectivity index (χ4v) is 3.38. The maximum absolute atomic E-state index is 12.3. The highest BCUT2D eigenvalue weighted by Gasteiger charge is 2.29. The molecule has 22 heavy (non-hydrogen) atoms. The fraction of sp³-hybridized carbons (Fsp3) is 0.733. The highest BCUT2D eigenvalue weighted by atomic mass is 16.2. The lowest BCUT2D eigenvalue weighted by Gasteiger charge is -2.32. The Morgan fingerprint density at radius 3 is 2.50 bits per heavy atom. The Hall–Kier alpha value is -1.92. The van der Waals surface area contributed by atoms with Crippen LogP contribution in [0.1, 0.15) is 55.4 Å². The van der Waals surface area contributed by atoms with Gasteiger partial charge < -0.3 is 10.2 Å². The number of amides is 2. The van der Waals surface area contributed by atoms with Crippen LogP contribution in [-0.4, -0.2) is 51.3 Å². The van der Waals surface area contributed by atoms with E-state index in [1.54, 1.807) is 4.90 Å². The first-order valence-corrected chi connectivity index (χ1v) is 8.19. The van der Waals surface area contributed by atoms with Gasteiger partial charge in [0.15, 0.2) is 5.69 Å². The Morgan fingerprint density at radius 2 is 1.86 bits per heavy atom. The SMILES string of the molecule is O=C(NC1CCCCC1)C1CCN(C(=O)c2cn[nH]n2)CC1. The fourth-order valence-electron chi connectivity index (χ4n) is 3.38. The predicted molar refractivity (Wildman–Crippen MR) is 80.0 cm³/mol. The van der Waals surface area contributed by atoms with Crippen molar-refractivity contribution in [1.82, 2.24) is 25.6 Å². The summed E-state index contributed by atoms with van der Waals surface area (Å²) >= 11 is 0. The van der Waals surface area contributed by atoms with Gasteiger partial charge in [0.05, 0.1) is 6.20 Å². The first-order chi connectivity index (χ1) is 10.7. The molecule has 0 atom stereocenters. The third kappa shape index (κ3) is 3.45. The molecule has 1 saturated heterocycles. The number of aromatic nitrogens is 3. The van der Waals surface area contributed by atoms with E-state index in [2.05, 4.69) is 20.7 Å². The first-order valence-electron chi connectivity index (χ1n) is 8.19. The predicted octanol–water partition coefficient (Wildman–Crippen LogP) is 1.11. The lowest BCUT2D eigenvalue weighted by Crippen LogP contribution is -2.45. The van der Waals surface area contributed by atoms with Crippen molar-refractivity contribution in [3.63, 3.8) is 0 Å². The van der Waals surface area contributed by atoms with Gasteiger partial charge in [-0.15, -0.1) is 0 Å². The van der Waals surface area contributed by atoms with E-state index in [0.717, 1.165) is 25.7 Å². The number of aromatic amines is 1. The molecular weight excluding hydrogens is 282 g/mol. The van der Waals surface area contributed by atoms with Crippen molar-refractivity contribution in [2.24, 2.45) is 5.92 Å². The largest absolute Gasteiger partial charge is 0.353 e. The number of piperidine rings is 1. The van der Waals surface area contributed by atoms with E-state index < -0.39 is 0 Å². The zero-order chi connectivity index (χ0) is 15.4. The molecule has 0 aromatic carbocycles. The zero-order valence-corrected chi connectivity index (χ0v) is 12.8. The number of rotatable bonds is 3. The van der Waals surface area contributed by atoms with Gasteiger partial charge in [-0.05, 0) is 25.7 Å². The van der Waals surface area contributed by atoms with E-state index >= 15 is 0 Å². The van der Waals surface area contributed by atoms with Crippen molar-refractivity contribution in [3.8, 4) is 0 Å². The third-order valence-electron chi connectivity index (χ3n) is 4.74. The van der Waals surface area contributed by atoms with Crippen molar-refractivity contribution in [2.45, 2.75) is 51.0 Å². The molecule has 0 radical (unpaired) electrons. The smallest absolute Gasteiger partial charge is 0.276 e. The van der Waals surface area contributed by atoms with Crippen molar-refractivity contribution in [1.29, 1.82) is 0 Å². The van der Waals surface area contributed by atoms with Gasteiger partial charge in [0, 0.05) is 25.0 Å². The topological polar surface area (TPSA) is 91.0 Å². The molecular formula is C15H23N5O2. The molecule has 1 saturated carbocycles. The first kappa shape index (κ1) is 15.0. The van der Waals surface area contributed by atoms with Gasteiger partial charge in [0.2, 0.25) is 5.91 Å². The number of hydrogen-bond donors (Lipinski definition) is 2. The molecule has 1 aromatic rings. The summed E-state index contributed by atoms with van der Waals surface area (Å²) < 4.78 is 0. The van der Waals surface area contributed by atoms with Crippen LogP contribution in [0.2, 0.25) is 0 Å². The molecule has 2 N–H and O–H groups in total. The molecule has 7 heteroatoms. The van der Waals surface area contributed by atoms with Crippen molar-refractivity contribution < 1.29 is 9.59 Å². The van der Waals surface area contributed by atoms with E-state index in [-0.39, 0.29) is 17.7 Å². The summed E-state index contributed by atoms with van der Waals surface area (Å²) in [7, 11) is 0. The van der Waals surface area contributed by atoms with E-state index in [9.17, 15) is 9.59 Å². The highest BCUT2D eigenvalue weighted by Crippen LogP contribution is 2.21. The van der Waals surface area contributed by atoms with Crippen LogP contribution < -0.4 is 5.32 Å². The van der Waals surface area contributed by atoms with Gasteiger partial charge in [0.1, 0.15) is 0 Å². The number of hydrogen-bond acceptors (Lipinski definition) is 4. The molecule has 0 bridgehead atoms. The van der Waals surface area contributed by atoms with Crippen LogP contribution in [0.5, 0.6) is 0 Å². The Kier molecular flexibility index (Phi) is 4.70. The molecule has 2 fully saturated rings. The number of carbonyl (C=O) groups is 2. The van der Waals surface area contributed by atoms with Gasteiger partial charge in [-0.3, -0.25) is 9.59 Å². The van der Waals surface area contributed by atoms with Crippen LogP contribution in [0.4, 0.5) is 0 Å². The van der Waals surface area contributed by atoms with Crippen molar-refractivity contribution in [3.05, 3.63) is 11.9 Å². The van der Waals surface area contributed by atoms with Gasteiger partial charge in [0.25, 0.3) is 5.91 Å². The van der Waals surface area contributed by atoms with Gasteiger partial charge in [-0.1, -0.05) is 19.3 Å². The normalized spacial score (nSPS) is 20.8. The molecule has 1 aromatic heterocycles. The molecule has 2 heterocycles. The molecule has 0 unspecified atom stereocenters. The lowest BCUT2D eigenvalue weighted by molar-refractivity contribution is -0.127. The van der Waals surface area contributed by atoms with Crippen molar-refractivity contribution in [2.75, 3.05) is 13.1 Å². The van der Waals surface area contributed by atoms with E-state index in [1.165, 1.54) is 25.5 Å². The minimum Gasteiger partial charge on any atom is -0.353 e. The Labute approximate surface area is 129 Å². The summed E-state index contributed by atoms with van der Waals surface area (Å²) in [5, 5.41) is 13.1. The number of carbonyl (C=O) groups excluding carboxylic acids is 2. The van der Waals surface area contributed by atoms with Crippen LogP contribution in [0, 0.1) is 5.92 Å². The summed E-state index contributed by atoms with van der Waals surface area (Å²) in [4.78, 5) is 26.2. The summed E-state index contributed by atoms with van der Waals surface area (Å²) in [6.07, 6.45) is 8.82. The average Bonchev–Trinajstić information content (AvgIpc) is 3.10. The van der Waals surface area contributed by atoms with Crippen LogP contribution in [0.25, 0.3) is 0 Å². The van der Waals surface area contributed by atoms with Crippen molar-refractivity contribution >= 4 is 11.8 Å². The Bertz CT molecular complexity index is 502. The molecule has 2 amide bonds. The summed E-state index contributed by atoms with van der Waals surface area (Å²) in [6, 6.07) is 0.357. The van der Waals surface area contributed by atoms with Crippen LogP contribution in [0.15, 0.2) is 6.20 Å². The van der Waals surface area contributed by atoms with Gasteiger partial charge >= 0.3 is 0 Å². The summed E-state index contributed by atoms with van der Waals surface area (Å²) in [5.41, 5.74) is 0.338. The van der Waals surface area contributed by atoms with E-state index in [1.807, 2.05) is 0 Å². The van der Waals surface area contributed by atoms with Crippen LogP contribution in [0.3, 0.4) is 0 Å². The monoisotopic (exact) mass is 305 g/mol. The molecule has 0 spiro atoms. The molecule has 1 aliphatic heterocycles. The quantitative estimate of drug-likeness (QED) is 0.875. The molecule has 7 nitrogen and oxygen atoms in total. The lowest BCUT2D eigenvalue weighted by atomic mass is 9.92. The Morgan fingerprint density at radius 1 is 1.14 bits per heavy atom. The number of nitrogens with zero attached hydrogens (tertiary/aromatic N) is 3. The second-order valence-electron chi connectivity index (χ2n) is 6.27. The maximum Gasteiger partial charge on any atom is 0.276 e. The molecule has 120 valence electrons. The minimum atomic E-state index is -0.111. The van der Waals surface area contributed by atoms with Gasteiger partial charge in [-0.2, -0.15) is 15.4 Å². The van der Waals surface area contributed by atoms with E-state index in [4.69, 9.17) is 0 Å². The second kappa shape index (κ2) is 6.89. The third-order valence-corrected chi connectivity index (χ3v) is 4.74. The minimum absolute atomic E-state index is 0.0308. The Balaban J connectivity index is 1.46. The molecule has 2 aliphatic rings. The number of likely N-dealkylation sites (tertiary alicyclic amines) is 1. The zero-order valence-electron chi connectivity index (χ0n) is 12.8. The average molecular weight is 305 g/mol. The van der Waals surface area contributed by atoms with Crippen LogP contribution in [-0.2, 0) is 4.79 Å². The van der Waals surface area contributed by atoms with Gasteiger partial charge in [-0.25, -0.2) is 0 Å². The standard InChI is InChI=1S/C15H23N5O2/c21-14(17-12-4-2-1-3-5-12)11-6-8-20(9-7-11)15(22)13-10-16-19-18-13/h10-12H,1-9H2,(H,17,21)(H,16,18,19). The number of nitrogens with one attached hydrogen (secondary N) is 2. The maximum atomic E-state index is 12.3. The second-order valence-corrected chi connectivity index (χ2v) is 6.27. The van der Waals surface area contributed by atoms with E-state index in [0.29, 0.717) is 24.8 Å². The molecule has 1 aliphatic carbocycles. The summed E-state index contributed by atoms with van der Waals surface area (Å²) in [6.45, 7) is 1.21. The highest BCUT2D eigenvalue weighted by molar-refractivity contribution is 5.92.